The Morgan fingerprint density at radius 3 is 2.40 bits per heavy atom. The summed E-state index contributed by atoms with van der Waals surface area (Å²) in [7, 11) is 3.21. The number of morpholine rings is 1. The van der Waals surface area contributed by atoms with Gasteiger partial charge in [-0.1, -0.05) is 6.07 Å². The van der Waals surface area contributed by atoms with Crippen LogP contribution in [0.3, 0.4) is 0 Å². The number of nitrogens with zero attached hydrogens (tertiary/aromatic N) is 4. The number of amides is 1. The van der Waals surface area contributed by atoms with Crippen molar-refractivity contribution in [3.8, 4) is 23.1 Å². The van der Waals surface area contributed by atoms with Gasteiger partial charge in [0.25, 0.3) is 5.91 Å². The van der Waals surface area contributed by atoms with E-state index in [0.29, 0.717) is 61.6 Å². The lowest BCUT2D eigenvalue weighted by atomic mass is 10.0. The van der Waals surface area contributed by atoms with Crippen LogP contribution in [0.2, 0.25) is 0 Å². The van der Waals surface area contributed by atoms with E-state index in [2.05, 4.69) is 4.90 Å². The van der Waals surface area contributed by atoms with Crippen LogP contribution in [0.25, 0.3) is 0 Å². The van der Waals surface area contributed by atoms with Crippen LogP contribution in [-0.4, -0.2) is 67.8 Å². The van der Waals surface area contributed by atoms with Crippen LogP contribution in [0, 0.1) is 0 Å². The molecule has 2 aliphatic heterocycles. The van der Waals surface area contributed by atoms with Crippen LogP contribution in [0.1, 0.15) is 21.6 Å². The summed E-state index contributed by atoms with van der Waals surface area (Å²) in [5.74, 6) is 3.05. The molecule has 0 bridgehead atoms. The van der Waals surface area contributed by atoms with E-state index in [1.807, 2.05) is 36.4 Å². The highest BCUT2D eigenvalue weighted by Crippen LogP contribution is 2.33. The Hall–Kier alpha value is -3.85. The highest BCUT2D eigenvalue weighted by Gasteiger charge is 2.29. The molecule has 0 N–H and O–H groups in total. The average Bonchev–Trinajstić information content (AvgIpc) is 2.93. The lowest BCUT2D eigenvalue weighted by Gasteiger charge is -2.32. The van der Waals surface area contributed by atoms with Gasteiger partial charge in [-0.2, -0.15) is 4.98 Å². The number of carbonyl (C=O) groups excluding carboxylic acids is 1. The van der Waals surface area contributed by atoms with Crippen molar-refractivity contribution in [3.63, 3.8) is 0 Å². The molecule has 0 saturated carbocycles. The van der Waals surface area contributed by atoms with Crippen molar-refractivity contribution in [1.29, 1.82) is 0 Å². The summed E-state index contributed by atoms with van der Waals surface area (Å²) < 4.78 is 22.3. The zero-order valence-corrected chi connectivity index (χ0v) is 19.9. The van der Waals surface area contributed by atoms with Gasteiger partial charge in [-0.3, -0.25) is 4.79 Å². The number of benzene rings is 2. The fraction of sp³-hybridized carbons (Fsp3) is 0.346. The summed E-state index contributed by atoms with van der Waals surface area (Å²) in [5, 5.41) is 0. The van der Waals surface area contributed by atoms with Crippen LogP contribution in [0.4, 0.5) is 5.95 Å². The lowest BCUT2D eigenvalue weighted by molar-refractivity contribution is 0.0731. The summed E-state index contributed by atoms with van der Waals surface area (Å²) >= 11 is 0. The molecule has 5 rings (SSSR count). The maximum Gasteiger partial charge on any atom is 0.254 e. The molecule has 1 fully saturated rings. The Labute approximate surface area is 204 Å². The van der Waals surface area contributed by atoms with Gasteiger partial charge >= 0.3 is 0 Å². The van der Waals surface area contributed by atoms with E-state index in [0.717, 1.165) is 30.1 Å². The monoisotopic (exact) mass is 476 g/mol. The second kappa shape index (κ2) is 10.2. The summed E-state index contributed by atoms with van der Waals surface area (Å²) in [6.45, 7) is 3.64. The molecule has 0 spiro atoms. The van der Waals surface area contributed by atoms with Crippen LogP contribution in [0.5, 0.6) is 23.1 Å². The number of rotatable bonds is 6. The van der Waals surface area contributed by atoms with Gasteiger partial charge in [0.1, 0.15) is 17.2 Å². The van der Waals surface area contributed by atoms with Crippen molar-refractivity contribution in [2.75, 3.05) is 52.0 Å². The van der Waals surface area contributed by atoms with Crippen molar-refractivity contribution in [1.82, 2.24) is 14.9 Å². The minimum absolute atomic E-state index is 0.0674. The molecule has 182 valence electrons. The maximum absolute atomic E-state index is 13.3. The first-order valence-corrected chi connectivity index (χ1v) is 11.6. The molecule has 9 nitrogen and oxygen atoms in total. The quantitative estimate of drug-likeness (QED) is 0.536. The Balaban J connectivity index is 1.46. The van der Waals surface area contributed by atoms with E-state index < -0.39 is 0 Å². The minimum Gasteiger partial charge on any atom is -0.497 e. The molecule has 35 heavy (non-hydrogen) atoms. The highest BCUT2D eigenvalue weighted by molar-refractivity contribution is 5.94. The van der Waals surface area contributed by atoms with Gasteiger partial charge in [-0.25, -0.2) is 4.98 Å². The normalized spacial score (nSPS) is 15.4. The van der Waals surface area contributed by atoms with Crippen molar-refractivity contribution >= 4 is 11.9 Å². The topological polar surface area (TPSA) is 86.3 Å². The third-order valence-electron chi connectivity index (χ3n) is 6.18. The summed E-state index contributed by atoms with van der Waals surface area (Å²) in [5.41, 5.74) is 2.30. The first-order chi connectivity index (χ1) is 17.1. The molecule has 0 unspecified atom stereocenters. The van der Waals surface area contributed by atoms with Gasteiger partial charge in [-0.05, 0) is 42.5 Å². The van der Waals surface area contributed by atoms with E-state index in [-0.39, 0.29) is 5.91 Å². The Bertz CT molecular complexity index is 1190. The van der Waals surface area contributed by atoms with E-state index in [9.17, 15) is 4.79 Å². The average molecular weight is 477 g/mol. The molecule has 1 amide bonds. The van der Waals surface area contributed by atoms with E-state index in [1.165, 1.54) is 0 Å². The fourth-order valence-electron chi connectivity index (χ4n) is 4.23. The molecule has 0 atom stereocenters. The van der Waals surface area contributed by atoms with Gasteiger partial charge in [-0.15, -0.1) is 0 Å². The second-order valence-corrected chi connectivity index (χ2v) is 8.34. The smallest absolute Gasteiger partial charge is 0.254 e. The van der Waals surface area contributed by atoms with Crippen LogP contribution in [0.15, 0.2) is 48.5 Å². The number of hydrogen-bond donors (Lipinski definition) is 0. The number of hydrogen-bond acceptors (Lipinski definition) is 8. The Morgan fingerprint density at radius 1 is 0.914 bits per heavy atom. The van der Waals surface area contributed by atoms with Gasteiger partial charge < -0.3 is 28.7 Å². The Kier molecular flexibility index (Phi) is 6.67. The number of carbonyl (C=O) groups is 1. The summed E-state index contributed by atoms with van der Waals surface area (Å²) in [6, 6.07) is 14.5. The highest BCUT2D eigenvalue weighted by atomic mass is 16.5. The summed E-state index contributed by atoms with van der Waals surface area (Å²) in [4.78, 5) is 26.8. The van der Waals surface area contributed by atoms with E-state index in [1.54, 1.807) is 31.3 Å². The number of methoxy groups -OCH3 is 2. The van der Waals surface area contributed by atoms with Crippen molar-refractivity contribution in [3.05, 3.63) is 65.4 Å². The molecule has 0 radical (unpaired) electrons. The molecule has 9 heteroatoms. The van der Waals surface area contributed by atoms with Crippen LogP contribution < -0.4 is 19.1 Å². The zero-order chi connectivity index (χ0) is 24.2. The van der Waals surface area contributed by atoms with Crippen LogP contribution in [-0.2, 0) is 17.7 Å². The van der Waals surface area contributed by atoms with Gasteiger partial charge in [0.05, 0.1) is 45.2 Å². The molecule has 0 aliphatic carbocycles. The third kappa shape index (κ3) is 5.00. The van der Waals surface area contributed by atoms with Gasteiger partial charge in [0.2, 0.25) is 11.8 Å². The molecule has 1 aromatic heterocycles. The Morgan fingerprint density at radius 2 is 1.66 bits per heavy atom. The SMILES string of the molecule is COc1ccc(Oc2nc(N3CCOCC3)nc3c2CN(C(=O)c2cccc(OC)c2)CC3)cc1. The zero-order valence-electron chi connectivity index (χ0n) is 19.9. The molecule has 3 aromatic rings. The molecule has 1 saturated heterocycles. The molecular weight excluding hydrogens is 448 g/mol. The lowest BCUT2D eigenvalue weighted by Crippen LogP contribution is -2.39. The largest absolute Gasteiger partial charge is 0.497 e. The van der Waals surface area contributed by atoms with Gasteiger partial charge in [0, 0.05) is 31.6 Å². The molecule has 3 heterocycles. The first-order valence-electron chi connectivity index (χ1n) is 11.6. The molecular formula is C26H28N4O5. The van der Waals surface area contributed by atoms with Crippen molar-refractivity contribution < 1.29 is 23.7 Å². The van der Waals surface area contributed by atoms with E-state index in [4.69, 9.17) is 28.9 Å². The van der Waals surface area contributed by atoms with Crippen molar-refractivity contribution in [2.24, 2.45) is 0 Å². The third-order valence-corrected chi connectivity index (χ3v) is 6.18. The second-order valence-electron chi connectivity index (χ2n) is 8.34. The summed E-state index contributed by atoms with van der Waals surface area (Å²) in [6.07, 6.45) is 0.615. The van der Waals surface area contributed by atoms with Gasteiger partial charge in [0.15, 0.2) is 0 Å². The number of ether oxygens (including phenoxy) is 4. The first kappa shape index (κ1) is 22.9. The fourth-order valence-corrected chi connectivity index (χ4v) is 4.23. The van der Waals surface area contributed by atoms with E-state index >= 15 is 0 Å². The predicted molar refractivity (Wildman–Crippen MR) is 130 cm³/mol. The number of anilines is 1. The standard InChI is InChI=1S/C26H28N4O5/c1-32-19-6-8-20(9-7-19)35-24-22-17-30(25(31)18-4-3-5-21(16-18)33-2)11-10-23(22)27-26(28-24)29-12-14-34-15-13-29/h3-9,16H,10-15,17H2,1-2H3. The van der Waals surface area contributed by atoms with Crippen LogP contribution >= 0.6 is 0 Å². The molecule has 2 aliphatic rings. The minimum atomic E-state index is -0.0674. The number of aromatic nitrogens is 2. The van der Waals surface area contributed by atoms with Crippen molar-refractivity contribution in [2.45, 2.75) is 13.0 Å². The number of fused-ring (bicyclic) bond motifs is 1. The molecule has 2 aromatic carbocycles. The maximum atomic E-state index is 13.3. The predicted octanol–water partition coefficient (Wildman–Crippen LogP) is 3.32.